The number of aromatic nitrogens is 1. The van der Waals surface area contributed by atoms with E-state index in [1.165, 1.54) is 36.2 Å². The molecule has 2 fully saturated rings. The molecule has 0 spiro atoms. The van der Waals surface area contributed by atoms with Crippen LogP contribution in [-0.2, 0) is 4.79 Å². The van der Waals surface area contributed by atoms with E-state index in [1.807, 2.05) is 18.7 Å². The number of amides is 2. The second kappa shape index (κ2) is 11.5. The van der Waals surface area contributed by atoms with Crippen molar-refractivity contribution >= 4 is 23.2 Å². The second-order valence-corrected chi connectivity index (χ2v) is 10.9. The molecule has 0 aliphatic carbocycles. The normalized spacial score (nSPS) is 18.6. The van der Waals surface area contributed by atoms with Gasteiger partial charge in [-0.2, -0.15) is 0 Å². The summed E-state index contributed by atoms with van der Waals surface area (Å²) in [6.45, 7) is 11.4. The molecule has 2 saturated heterocycles. The van der Waals surface area contributed by atoms with E-state index in [1.54, 1.807) is 0 Å². The number of carbonyl (C=O) groups is 2. The molecule has 2 aliphatic rings. The Morgan fingerprint density at radius 2 is 1.74 bits per heavy atom. The van der Waals surface area contributed by atoms with Gasteiger partial charge in [0, 0.05) is 37.7 Å². The molecule has 0 saturated carbocycles. The van der Waals surface area contributed by atoms with Crippen LogP contribution in [-0.4, -0.2) is 65.9 Å². The van der Waals surface area contributed by atoms with Gasteiger partial charge in [-0.1, -0.05) is 43.2 Å². The van der Waals surface area contributed by atoms with Crippen LogP contribution in [0.2, 0.25) is 0 Å². The molecule has 34 heavy (non-hydrogen) atoms. The average Bonchev–Trinajstić information content (AvgIpc) is 3.25. The van der Waals surface area contributed by atoms with Crippen molar-refractivity contribution in [1.29, 1.82) is 0 Å². The van der Waals surface area contributed by atoms with Crippen LogP contribution in [0, 0.1) is 25.7 Å². The van der Waals surface area contributed by atoms with Crippen molar-refractivity contribution in [1.82, 2.24) is 20.1 Å². The number of rotatable bonds is 7. The number of hydrogen-bond donors (Lipinski definition) is 1. The number of carbonyl (C=O) groups excluding carboxylic acids is 2. The highest BCUT2D eigenvalue weighted by Crippen LogP contribution is 2.31. The third-order valence-corrected chi connectivity index (χ3v) is 8.61. The molecule has 2 aromatic rings. The molecule has 2 aliphatic heterocycles. The summed E-state index contributed by atoms with van der Waals surface area (Å²) in [5, 5.41) is 4.04. The summed E-state index contributed by atoms with van der Waals surface area (Å²) in [7, 11) is 0. The van der Waals surface area contributed by atoms with Gasteiger partial charge in [-0.15, -0.1) is 11.3 Å². The Kier molecular flexibility index (Phi) is 8.37. The number of likely N-dealkylation sites (tertiary alicyclic amines) is 2. The average molecular weight is 483 g/mol. The highest BCUT2D eigenvalue weighted by atomic mass is 32.1. The van der Waals surface area contributed by atoms with Crippen LogP contribution >= 0.6 is 11.3 Å². The zero-order chi connectivity index (χ0) is 24.1. The van der Waals surface area contributed by atoms with Gasteiger partial charge in [-0.25, -0.2) is 4.98 Å². The summed E-state index contributed by atoms with van der Waals surface area (Å²) in [5.74, 6) is 0.537. The SMILES string of the molecule is Cc1ccc(-c2nc(C)c(C(=O)N3CCC([C@@H](C)C(=O)NCCN4CCCCC4)CC3)s2)cc1. The van der Waals surface area contributed by atoms with E-state index < -0.39 is 0 Å². The molecule has 0 radical (unpaired) electrons. The Bertz CT molecular complexity index is 973. The molecule has 184 valence electrons. The van der Waals surface area contributed by atoms with Gasteiger partial charge in [0.2, 0.25) is 5.91 Å². The van der Waals surface area contributed by atoms with E-state index in [-0.39, 0.29) is 17.7 Å². The van der Waals surface area contributed by atoms with Crippen molar-refractivity contribution in [3.63, 3.8) is 0 Å². The highest BCUT2D eigenvalue weighted by molar-refractivity contribution is 7.17. The first-order valence-corrected chi connectivity index (χ1v) is 13.6. The third kappa shape index (κ3) is 6.05. The zero-order valence-corrected chi connectivity index (χ0v) is 21.6. The minimum absolute atomic E-state index is 0.0168. The summed E-state index contributed by atoms with van der Waals surface area (Å²) < 4.78 is 0. The van der Waals surface area contributed by atoms with Crippen molar-refractivity contribution in [2.45, 2.75) is 52.9 Å². The lowest BCUT2D eigenvalue weighted by atomic mass is 9.85. The van der Waals surface area contributed by atoms with E-state index in [9.17, 15) is 9.59 Å². The Hall–Kier alpha value is -2.25. The zero-order valence-electron chi connectivity index (χ0n) is 20.8. The fourth-order valence-corrected chi connectivity index (χ4v) is 6.10. The number of piperidine rings is 2. The molecular formula is C27H38N4O2S. The summed E-state index contributed by atoms with van der Waals surface area (Å²) in [5.41, 5.74) is 3.06. The summed E-state index contributed by atoms with van der Waals surface area (Å²) in [6.07, 6.45) is 5.62. The van der Waals surface area contributed by atoms with Gasteiger partial charge in [0.15, 0.2) is 0 Å². The number of hydrogen-bond acceptors (Lipinski definition) is 5. The van der Waals surface area contributed by atoms with Crippen molar-refractivity contribution < 1.29 is 9.59 Å². The lowest BCUT2D eigenvalue weighted by Crippen LogP contribution is -2.44. The van der Waals surface area contributed by atoms with Crippen LogP contribution in [0.5, 0.6) is 0 Å². The van der Waals surface area contributed by atoms with Gasteiger partial charge in [-0.05, 0) is 58.5 Å². The maximum atomic E-state index is 13.2. The molecular weight excluding hydrogens is 444 g/mol. The molecule has 0 unspecified atom stereocenters. The number of aryl methyl sites for hydroxylation is 2. The van der Waals surface area contributed by atoms with Gasteiger partial charge in [0.1, 0.15) is 9.88 Å². The lowest BCUT2D eigenvalue weighted by molar-refractivity contribution is -0.126. The fraction of sp³-hybridized carbons (Fsp3) is 0.593. The third-order valence-electron chi connectivity index (χ3n) is 7.41. The summed E-state index contributed by atoms with van der Waals surface area (Å²) in [6, 6.07) is 8.27. The van der Waals surface area contributed by atoms with Crippen LogP contribution in [0.4, 0.5) is 0 Å². The Labute approximate surface area is 207 Å². The Morgan fingerprint density at radius 1 is 1.06 bits per heavy atom. The summed E-state index contributed by atoms with van der Waals surface area (Å²) >= 11 is 1.48. The quantitative estimate of drug-likeness (QED) is 0.630. The molecule has 1 N–H and O–H groups in total. The smallest absolute Gasteiger partial charge is 0.265 e. The number of nitrogens with one attached hydrogen (secondary N) is 1. The first kappa shape index (κ1) is 24.9. The van der Waals surface area contributed by atoms with Gasteiger partial charge in [0.25, 0.3) is 5.91 Å². The number of thiazole rings is 1. The predicted molar refractivity (Wildman–Crippen MR) is 138 cm³/mol. The van der Waals surface area contributed by atoms with E-state index in [0.717, 1.165) is 60.2 Å². The largest absolute Gasteiger partial charge is 0.355 e. The number of benzene rings is 1. The topological polar surface area (TPSA) is 65.5 Å². The van der Waals surface area contributed by atoms with Crippen LogP contribution in [0.3, 0.4) is 0 Å². The Morgan fingerprint density at radius 3 is 2.41 bits per heavy atom. The molecule has 4 rings (SSSR count). The van der Waals surface area contributed by atoms with Crippen molar-refractivity contribution in [3.05, 3.63) is 40.4 Å². The first-order valence-electron chi connectivity index (χ1n) is 12.8. The molecule has 6 nitrogen and oxygen atoms in total. The van der Waals surface area contributed by atoms with Crippen molar-refractivity contribution in [3.8, 4) is 10.6 Å². The predicted octanol–water partition coefficient (Wildman–Crippen LogP) is 4.52. The maximum Gasteiger partial charge on any atom is 0.265 e. The standard InChI is InChI=1S/C27H38N4O2S/c1-19-7-9-23(10-8-19)26-29-21(3)24(34-26)27(33)31-16-11-22(12-17-31)20(2)25(32)28-13-18-30-14-5-4-6-15-30/h7-10,20,22H,4-6,11-18H2,1-3H3,(H,28,32)/t20-/m1/s1. The van der Waals surface area contributed by atoms with Crippen molar-refractivity contribution in [2.24, 2.45) is 11.8 Å². The molecule has 1 atom stereocenters. The number of nitrogens with zero attached hydrogens (tertiary/aromatic N) is 3. The molecule has 3 heterocycles. The van der Waals surface area contributed by atoms with Gasteiger partial charge in [-0.3, -0.25) is 9.59 Å². The van der Waals surface area contributed by atoms with Crippen LogP contribution in [0.1, 0.15) is 60.0 Å². The molecule has 1 aromatic carbocycles. The maximum absolute atomic E-state index is 13.2. The second-order valence-electron chi connectivity index (χ2n) is 9.91. The first-order chi connectivity index (χ1) is 16.4. The molecule has 0 bridgehead atoms. The summed E-state index contributed by atoms with van der Waals surface area (Å²) in [4.78, 5) is 35.7. The van der Waals surface area contributed by atoms with Crippen molar-refractivity contribution in [2.75, 3.05) is 39.3 Å². The van der Waals surface area contributed by atoms with E-state index in [2.05, 4.69) is 46.4 Å². The van der Waals surface area contributed by atoms with Crippen LogP contribution < -0.4 is 5.32 Å². The molecule has 7 heteroatoms. The van der Waals surface area contributed by atoms with Crippen LogP contribution in [0.25, 0.3) is 10.6 Å². The fourth-order valence-electron chi connectivity index (χ4n) is 5.06. The lowest BCUT2D eigenvalue weighted by Gasteiger charge is -2.34. The minimum atomic E-state index is -0.0168. The van der Waals surface area contributed by atoms with Gasteiger partial charge in [0.05, 0.1) is 5.69 Å². The van der Waals surface area contributed by atoms with Gasteiger partial charge < -0.3 is 15.1 Å². The van der Waals surface area contributed by atoms with E-state index in [0.29, 0.717) is 19.0 Å². The molecule has 2 amide bonds. The van der Waals surface area contributed by atoms with E-state index >= 15 is 0 Å². The van der Waals surface area contributed by atoms with Gasteiger partial charge >= 0.3 is 0 Å². The highest BCUT2D eigenvalue weighted by Gasteiger charge is 2.31. The minimum Gasteiger partial charge on any atom is -0.355 e. The van der Waals surface area contributed by atoms with E-state index in [4.69, 9.17) is 0 Å². The van der Waals surface area contributed by atoms with Crippen LogP contribution in [0.15, 0.2) is 24.3 Å². The Balaban J connectivity index is 1.26. The molecule has 1 aromatic heterocycles. The monoisotopic (exact) mass is 482 g/mol.